The second kappa shape index (κ2) is 6.56. The molecule has 0 aliphatic carbocycles. The van der Waals surface area contributed by atoms with E-state index in [1.807, 2.05) is 41.3 Å². The van der Waals surface area contributed by atoms with E-state index in [-0.39, 0.29) is 11.9 Å². The maximum absolute atomic E-state index is 13.4. The number of nitrogens with one attached hydrogen (secondary N) is 2. The highest BCUT2D eigenvalue weighted by Crippen LogP contribution is 2.34. The SMILES string of the molecule is Cc1ccc2nc([C@@H]3CCCN3C(=O)c3ccccc3-c3nn[nH]n3)[nH]c2c1. The van der Waals surface area contributed by atoms with Crippen molar-refractivity contribution in [2.75, 3.05) is 6.54 Å². The lowest BCUT2D eigenvalue weighted by molar-refractivity contribution is 0.0731. The summed E-state index contributed by atoms with van der Waals surface area (Å²) < 4.78 is 0. The number of fused-ring (bicyclic) bond motifs is 1. The van der Waals surface area contributed by atoms with Gasteiger partial charge >= 0.3 is 0 Å². The summed E-state index contributed by atoms with van der Waals surface area (Å²) in [7, 11) is 0. The van der Waals surface area contributed by atoms with Crippen molar-refractivity contribution in [2.45, 2.75) is 25.8 Å². The third kappa shape index (κ3) is 2.74. The second-order valence-corrected chi connectivity index (χ2v) is 7.08. The Labute approximate surface area is 161 Å². The van der Waals surface area contributed by atoms with Crippen molar-refractivity contribution in [1.29, 1.82) is 0 Å². The summed E-state index contributed by atoms with van der Waals surface area (Å²) in [6.07, 6.45) is 1.83. The van der Waals surface area contributed by atoms with Crippen LogP contribution in [-0.4, -0.2) is 47.9 Å². The standard InChI is InChI=1S/C20H19N7O/c1-12-8-9-15-16(11-12)22-19(21-15)17-7-4-10-27(17)20(28)14-6-3-2-5-13(14)18-23-25-26-24-18/h2-3,5-6,8-9,11,17H,4,7,10H2,1H3,(H,21,22)(H,23,24,25,26)/t17-/m0/s1. The lowest BCUT2D eigenvalue weighted by atomic mass is 10.1. The van der Waals surface area contributed by atoms with Crippen LogP contribution in [-0.2, 0) is 0 Å². The van der Waals surface area contributed by atoms with Gasteiger partial charge in [-0.2, -0.15) is 5.21 Å². The maximum Gasteiger partial charge on any atom is 0.255 e. The molecule has 140 valence electrons. The van der Waals surface area contributed by atoms with Crippen LogP contribution in [0.1, 0.15) is 40.6 Å². The molecule has 1 atom stereocenters. The third-order valence-electron chi connectivity index (χ3n) is 5.23. The Hall–Kier alpha value is -3.55. The number of aryl methyl sites for hydroxylation is 1. The molecule has 1 aliphatic heterocycles. The minimum atomic E-state index is -0.0708. The monoisotopic (exact) mass is 373 g/mol. The number of tetrazole rings is 1. The first kappa shape index (κ1) is 16.6. The van der Waals surface area contributed by atoms with Crippen LogP contribution >= 0.6 is 0 Å². The van der Waals surface area contributed by atoms with Gasteiger partial charge in [-0.05, 0) is 48.7 Å². The van der Waals surface area contributed by atoms with Crippen LogP contribution in [0.15, 0.2) is 42.5 Å². The van der Waals surface area contributed by atoms with Crippen LogP contribution in [0.5, 0.6) is 0 Å². The molecule has 2 aromatic carbocycles. The van der Waals surface area contributed by atoms with Crippen molar-refractivity contribution in [3.05, 3.63) is 59.4 Å². The summed E-state index contributed by atoms with van der Waals surface area (Å²) in [4.78, 5) is 23.5. The lowest BCUT2D eigenvalue weighted by Gasteiger charge is -2.24. The van der Waals surface area contributed by atoms with Crippen molar-refractivity contribution >= 4 is 16.9 Å². The van der Waals surface area contributed by atoms with Gasteiger partial charge in [0.15, 0.2) is 0 Å². The molecule has 3 heterocycles. The second-order valence-electron chi connectivity index (χ2n) is 7.08. The summed E-state index contributed by atoms with van der Waals surface area (Å²) in [6, 6.07) is 13.4. The highest BCUT2D eigenvalue weighted by Gasteiger charge is 2.34. The number of aromatic amines is 2. The van der Waals surface area contributed by atoms with Gasteiger partial charge in [0.2, 0.25) is 5.82 Å². The molecule has 4 aromatic rings. The maximum atomic E-state index is 13.4. The van der Waals surface area contributed by atoms with Crippen molar-refractivity contribution in [3.63, 3.8) is 0 Å². The van der Waals surface area contributed by atoms with Crippen LogP contribution in [0.4, 0.5) is 0 Å². The Kier molecular flexibility index (Phi) is 3.89. The van der Waals surface area contributed by atoms with Crippen LogP contribution in [0, 0.1) is 6.92 Å². The minimum Gasteiger partial charge on any atom is -0.340 e. The van der Waals surface area contributed by atoms with Crippen molar-refractivity contribution in [2.24, 2.45) is 0 Å². The van der Waals surface area contributed by atoms with Gasteiger partial charge in [-0.25, -0.2) is 4.98 Å². The molecule has 0 spiro atoms. The predicted octanol–water partition coefficient (Wildman–Crippen LogP) is 3.03. The average molecular weight is 373 g/mol. The minimum absolute atomic E-state index is 0.0421. The molecule has 1 aliphatic rings. The average Bonchev–Trinajstić information content (AvgIpc) is 3.46. The highest BCUT2D eigenvalue weighted by molar-refractivity contribution is 6.00. The van der Waals surface area contributed by atoms with E-state index in [1.165, 1.54) is 5.56 Å². The van der Waals surface area contributed by atoms with E-state index < -0.39 is 0 Å². The molecule has 2 aromatic heterocycles. The summed E-state index contributed by atoms with van der Waals surface area (Å²) in [5.41, 5.74) is 4.35. The van der Waals surface area contributed by atoms with E-state index in [0.29, 0.717) is 23.5 Å². The first-order valence-corrected chi connectivity index (χ1v) is 9.31. The highest BCUT2D eigenvalue weighted by atomic mass is 16.2. The van der Waals surface area contributed by atoms with Gasteiger partial charge in [0.25, 0.3) is 5.91 Å². The predicted molar refractivity (Wildman–Crippen MR) is 103 cm³/mol. The van der Waals surface area contributed by atoms with E-state index in [1.54, 1.807) is 0 Å². The van der Waals surface area contributed by atoms with Gasteiger partial charge in [-0.3, -0.25) is 4.79 Å². The van der Waals surface area contributed by atoms with E-state index in [4.69, 9.17) is 4.98 Å². The smallest absolute Gasteiger partial charge is 0.255 e. The number of carbonyl (C=O) groups excluding carboxylic acids is 1. The Morgan fingerprint density at radius 1 is 1.21 bits per heavy atom. The number of likely N-dealkylation sites (tertiary alicyclic amines) is 1. The van der Waals surface area contributed by atoms with Crippen LogP contribution in [0.25, 0.3) is 22.4 Å². The fourth-order valence-corrected chi connectivity index (χ4v) is 3.89. The molecule has 1 fully saturated rings. The molecule has 0 bridgehead atoms. The molecule has 5 rings (SSSR count). The molecule has 1 saturated heterocycles. The Morgan fingerprint density at radius 2 is 2.11 bits per heavy atom. The van der Waals surface area contributed by atoms with E-state index in [2.05, 4.69) is 38.6 Å². The van der Waals surface area contributed by atoms with Gasteiger partial charge in [0.1, 0.15) is 5.82 Å². The molecule has 28 heavy (non-hydrogen) atoms. The van der Waals surface area contributed by atoms with E-state index in [9.17, 15) is 4.79 Å². The van der Waals surface area contributed by atoms with Gasteiger partial charge in [0.05, 0.1) is 22.6 Å². The van der Waals surface area contributed by atoms with Crippen molar-refractivity contribution in [1.82, 2.24) is 35.5 Å². The zero-order chi connectivity index (χ0) is 19.1. The van der Waals surface area contributed by atoms with E-state index in [0.717, 1.165) is 29.7 Å². The molecule has 1 amide bonds. The number of nitrogens with zero attached hydrogens (tertiary/aromatic N) is 5. The quantitative estimate of drug-likeness (QED) is 0.574. The third-order valence-corrected chi connectivity index (χ3v) is 5.23. The number of hydrogen-bond acceptors (Lipinski definition) is 5. The number of amides is 1. The Bertz CT molecular complexity index is 1150. The van der Waals surface area contributed by atoms with Gasteiger partial charge in [0, 0.05) is 12.1 Å². The molecule has 8 heteroatoms. The summed E-state index contributed by atoms with van der Waals surface area (Å²) >= 11 is 0. The fraction of sp³-hybridized carbons (Fsp3) is 0.250. The summed E-state index contributed by atoms with van der Waals surface area (Å²) in [5, 5.41) is 14.1. The summed E-state index contributed by atoms with van der Waals surface area (Å²) in [6.45, 7) is 2.75. The normalized spacial score (nSPS) is 16.8. The molecule has 0 saturated carbocycles. The van der Waals surface area contributed by atoms with Crippen molar-refractivity contribution in [3.8, 4) is 11.4 Å². The van der Waals surface area contributed by atoms with Gasteiger partial charge in [-0.1, -0.05) is 24.3 Å². The van der Waals surface area contributed by atoms with Gasteiger partial charge in [-0.15, -0.1) is 10.2 Å². The topological polar surface area (TPSA) is 103 Å². The molecule has 0 unspecified atom stereocenters. The number of H-pyrrole nitrogens is 2. The van der Waals surface area contributed by atoms with Crippen LogP contribution in [0.3, 0.4) is 0 Å². The summed E-state index contributed by atoms with van der Waals surface area (Å²) in [5.74, 6) is 1.21. The fourth-order valence-electron chi connectivity index (χ4n) is 3.89. The number of rotatable bonds is 3. The number of aromatic nitrogens is 6. The largest absolute Gasteiger partial charge is 0.340 e. The first-order chi connectivity index (χ1) is 13.7. The first-order valence-electron chi connectivity index (χ1n) is 9.31. The number of imidazole rings is 1. The number of hydrogen-bond donors (Lipinski definition) is 2. The molecule has 2 N–H and O–H groups in total. The van der Waals surface area contributed by atoms with Crippen LogP contribution < -0.4 is 0 Å². The van der Waals surface area contributed by atoms with Crippen molar-refractivity contribution < 1.29 is 4.79 Å². The number of carbonyl (C=O) groups is 1. The van der Waals surface area contributed by atoms with Gasteiger partial charge < -0.3 is 9.88 Å². The zero-order valence-electron chi connectivity index (χ0n) is 15.4. The molecule has 0 radical (unpaired) electrons. The van der Waals surface area contributed by atoms with E-state index >= 15 is 0 Å². The lowest BCUT2D eigenvalue weighted by Crippen LogP contribution is -2.31. The molecular formula is C20H19N7O. The van der Waals surface area contributed by atoms with Crippen LogP contribution in [0.2, 0.25) is 0 Å². The molecule has 8 nitrogen and oxygen atoms in total. The Balaban J connectivity index is 1.51. The zero-order valence-corrected chi connectivity index (χ0v) is 15.4. The Morgan fingerprint density at radius 3 is 2.96 bits per heavy atom. The molecular weight excluding hydrogens is 354 g/mol. The number of benzene rings is 2.